The van der Waals surface area contributed by atoms with Gasteiger partial charge >= 0.3 is 0 Å². The van der Waals surface area contributed by atoms with Crippen LogP contribution >= 0.6 is 0 Å². The van der Waals surface area contributed by atoms with E-state index in [0.717, 1.165) is 54.0 Å². The highest BCUT2D eigenvalue weighted by Crippen LogP contribution is 2.23. The van der Waals surface area contributed by atoms with E-state index in [1.807, 2.05) is 41.4 Å². The molecule has 1 fully saturated rings. The zero-order chi connectivity index (χ0) is 22.3. The van der Waals surface area contributed by atoms with E-state index in [2.05, 4.69) is 39.8 Å². The fourth-order valence-electron chi connectivity index (χ4n) is 4.22. The van der Waals surface area contributed by atoms with Crippen LogP contribution in [-0.2, 0) is 11.3 Å². The molecule has 2 aromatic carbocycles. The van der Waals surface area contributed by atoms with Crippen LogP contribution in [-0.4, -0.2) is 48.7 Å². The van der Waals surface area contributed by atoms with Crippen LogP contribution in [0.25, 0.3) is 17.0 Å². The van der Waals surface area contributed by atoms with E-state index >= 15 is 0 Å². The predicted octanol–water partition coefficient (Wildman–Crippen LogP) is 4.32. The summed E-state index contributed by atoms with van der Waals surface area (Å²) in [6.45, 7) is 3.82. The molecule has 1 amide bonds. The molecular formula is C26H28N4O2. The lowest BCUT2D eigenvalue weighted by molar-refractivity contribution is -0.125. The zero-order valence-electron chi connectivity index (χ0n) is 18.4. The summed E-state index contributed by atoms with van der Waals surface area (Å²) in [5.41, 5.74) is 3.24. The zero-order valence-corrected chi connectivity index (χ0v) is 18.4. The quantitative estimate of drug-likeness (QED) is 0.549. The Bertz CT molecular complexity index is 1140. The molecule has 0 N–H and O–H groups in total. The number of nitrogens with zero attached hydrogens (tertiary/aromatic N) is 4. The van der Waals surface area contributed by atoms with E-state index in [4.69, 9.17) is 10.00 Å². The number of carbonyl (C=O) groups excluding carboxylic acids is 1. The van der Waals surface area contributed by atoms with Gasteiger partial charge in [-0.25, -0.2) is 0 Å². The first-order valence-corrected chi connectivity index (χ1v) is 11.0. The maximum Gasteiger partial charge on any atom is 0.246 e. The second-order valence-electron chi connectivity index (χ2n) is 7.90. The number of ether oxygens (including phenoxy) is 1. The number of para-hydroxylation sites is 1. The number of benzene rings is 2. The molecule has 3 aromatic rings. The first-order chi connectivity index (χ1) is 15.7. The molecule has 0 spiro atoms. The van der Waals surface area contributed by atoms with Gasteiger partial charge in [-0.1, -0.05) is 18.2 Å². The molecule has 6 nitrogen and oxygen atoms in total. The van der Waals surface area contributed by atoms with Crippen LogP contribution in [0, 0.1) is 11.3 Å². The fourth-order valence-corrected chi connectivity index (χ4v) is 4.22. The number of aryl methyl sites for hydroxylation is 1. The standard InChI is InChI=1S/C26H28N4O2/c1-32-23-11-9-22(10-12-23)28-16-5-17-29(19-18-28)26(31)13-8-21-20-30(15-4-14-27)25-7-3-2-6-24(21)25/h2-3,6-13,20H,4-5,15-19H2,1H3/b13-8+. The monoisotopic (exact) mass is 428 g/mol. The van der Waals surface area contributed by atoms with Gasteiger partial charge in [0.25, 0.3) is 0 Å². The smallest absolute Gasteiger partial charge is 0.246 e. The molecule has 2 heterocycles. The molecule has 0 saturated carbocycles. The van der Waals surface area contributed by atoms with Gasteiger partial charge in [-0.3, -0.25) is 4.79 Å². The Balaban J connectivity index is 1.43. The molecule has 0 unspecified atom stereocenters. The Morgan fingerprint density at radius 3 is 2.69 bits per heavy atom. The SMILES string of the molecule is COc1ccc(N2CCCN(C(=O)/C=C/c3cn(CCC#N)c4ccccc34)CC2)cc1. The van der Waals surface area contributed by atoms with Gasteiger partial charge in [-0.15, -0.1) is 0 Å². The number of amides is 1. The molecule has 1 saturated heterocycles. The number of methoxy groups -OCH3 is 1. The lowest BCUT2D eigenvalue weighted by Crippen LogP contribution is -2.34. The maximum atomic E-state index is 12.9. The lowest BCUT2D eigenvalue weighted by Gasteiger charge is -2.23. The average Bonchev–Trinajstić information content (AvgIpc) is 3.00. The number of nitriles is 1. The topological polar surface area (TPSA) is 61.5 Å². The number of hydrogen-bond acceptors (Lipinski definition) is 4. The number of rotatable bonds is 6. The molecule has 0 atom stereocenters. The normalized spacial score (nSPS) is 14.5. The first kappa shape index (κ1) is 21.5. The van der Waals surface area contributed by atoms with E-state index in [0.29, 0.717) is 19.5 Å². The van der Waals surface area contributed by atoms with Crippen molar-refractivity contribution in [3.05, 3.63) is 66.4 Å². The molecule has 1 aliphatic rings. The summed E-state index contributed by atoms with van der Waals surface area (Å²) >= 11 is 0. The number of aromatic nitrogens is 1. The third-order valence-corrected chi connectivity index (χ3v) is 5.93. The second-order valence-corrected chi connectivity index (χ2v) is 7.90. The predicted molar refractivity (Wildman–Crippen MR) is 128 cm³/mol. The van der Waals surface area contributed by atoms with Gasteiger partial charge < -0.3 is 19.1 Å². The average molecular weight is 429 g/mol. The summed E-state index contributed by atoms with van der Waals surface area (Å²) in [7, 11) is 1.67. The van der Waals surface area contributed by atoms with Crippen LogP contribution in [0.5, 0.6) is 5.75 Å². The highest BCUT2D eigenvalue weighted by molar-refractivity contribution is 5.96. The van der Waals surface area contributed by atoms with Crippen molar-refractivity contribution < 1.29 is 9.53 Å². The molecule has 6 heteroatoms. The van der Waals surface area contributed by atoms with Gasteiger partial charge in [0.1, 0.15) is 5.75 Å². The van der Waals surface area contributed by atoms with Crippen LogP contribution in [0.2, 0.25) is 0 Å². The van der Waals surface area contributed by atoms with Gasteiger partial charge in [0.15, 0.2) is 0 Å². The van der Waals surface area contributed by atoms with Gasteiger partial charge in [-0.05, 0) is 42.8 Å². The molecule has 0 radical (unpaired) electrons. The van der Waals surface area contributed by atoms with Crippen LogP contribution in [0.1, 0.15) is 18.4 Å². The minimum atomic E-state index is 0.0374. The van der Waals surface area contributed by atoms with Crippen molar-refractivity contribution in [2.45, 2.75) is 19.4 Å². The highest BCUT2D eigenvalue weighted by atomic mass is 16.5. The Labute approximate surface area is 188 Å². The van der Waals surface area contributed by atoms with Crippen LogP contribution in [0.4, 0.5) is 5.69 Å². The largest absolute Gasteiger partial charge is 0.497 e. The Morgan fingerprint density at radius 2 is 1.91 bits per heavy atom. The van der Waals surface area contributed by atoms with Gasteiger partial charge in [0.05, 0.1) is 19.6 Å². The molecule has 1 aliphatic heterocycles. The molecular weight excluding hydrogens is 400 g/mol. The van der Waals surface area contributed by atoms with Gasteiger partial charge in [0.2, 0.25) is 5.91 Å². The highest BCUT2D eigenvalue weighted by Gasteiger charge is 2.18. The Kier molecular flexibility index (Phi) is 6.76. The van der Waals surface area contributed by atoms with Crippen LogP contribution < -0.4 is 9.64 Å². The van der Waals surface area contributed by atoms with E-state index in [-0.39, 0.29) is 5.91 Å². The van der Waals surface area contributed by atoms with E-state index in [1.165, 1.54) is 0 Å². The second kappa shape index (κ2) is 10.1. The summed E-state index contributed by atoms with van der Waals surface area (Å²) < 4.78 is 7.33. The van der Waals surface area contributed by atoms with Crippen molar-refractivity contribution in [2.75, 3.05) is 38.2 Å². The van der Waals surface area contributed by atoms with Crippen molar-refractivity contribution >= 4 is 28.6 Å². The minimum Gasteiger partial charge on any atom is -0.497 e. The third-order valence-electron chi connectivity index (χ3n) is 5.93. The summed E-state index contributed by atoms with van der Waals surface area (Å²) in [4.78, 5) is 17.2. The molecule has 0 aliphatic carbocycles. The summed E-state index contributed by atoms with van der Waals surface area (Å²) in [6, 6.07) is 18.4. The Morgan fingerprint density at radius 1 is 1.09 bits per heavy atom. The Hall–Kier alpha value is -3.72. The molecule has 0 bridgehead atoms. The molecule has 164 valence electrons. The summed E-state index contributed by atoms with van der Waals surface area (Å²) in [5, 5.41) is 10.0. The van der Waals surface area contributed by atoms with Crippen molar-refractivity contribution in [1.82, 2.24) is 9.47 Å². The molecule has 32 heavy (non-hydrogen) atoms. The van der Waals surface area contributed by atoms with E-state index in [9.17, 15) is 4.79 Å². The van der Waals surface area contributed by atoms with Crippen LogP contribution in [0.15, 0.2) is 60.8 Å². The summed E-state index contributed by atoms with van der Waals surface area (Å²) in [6.07, 6.45) is 7.00. The lowest BCUT2D eigenvalue weighted by atomic mass is 10.1. The number of hydrogen-bond donors (Lipinski definition) is 0. The summed E-state index contributed by atoms with van der Waals surface area (Å²) in [5.74, 6) is 0.884. The number of anilines is 1. The van der Waals surface area contributed by atoms with Crippen molar-refractivity contribution in [2.24, 2.45) is 0 Å². The van der Waals surface area contributed by atoms with Crippen molar-refractivity contribution in [3.8, 4) is 11.8 Å². The minimum absolute atomic E-state index is 0.0374. The van der Waals surface area contributed by atoms with Crippen molar-refractivity contribution in [1.29, 1.82) is 5.26 Å². The first-order valence-electron chi connectivity index (χ1n) is 11.0. The molecule has 1 aromatic heterocycles. The van der Waals surface area contributed by atoms with Gasteiger partial charge in [0, 0.05) is 67.2 Å². The van der Waals surface area contributed by atoms with Crippen LogP contribution in [0.3, 0.4) is 0 Å². The number of carbonyl (C=O) groups is 1. The van der Waals surface area contributed by atoms with Crippen molar-refractivity contribution in [3.63, 3.8) is 0 Å². The molecule has 4 rings (SSSR count). The third kappa shape index (κ3) is 4.78. The van der Waals surface area contributed by atoms with E-state index in [1.54, 1.807) is 13.2 Å². The van der Waals surface area contributed by atoms with E-state index < -0.39 is 0 Å². The fraction of sp³-hybridized carbons (Fsp3) is 0.308. The maximum absolute atomic E-state index is 12.9. The number of fused-ring (bicyclic) bond motifs is 1. The van der Waals surface area contributed by atoms with Gasteiger partial charge in [-0.2, -0.15) is 5.26 Å².